The standard InChI is InChI=1S/C16H28N4OS.HI/c1-13-10-18-14(22-13)11-19-15(17-2)20-12-16(8-9-21-3)6-4-5-7-16;/h10H,4-9,11-12H2,1-3H3,(H2,17,19,20);1H. The molecule has 0 unspecified atom stereocenters. The number of nitrogens with zero attached hydrogens (tertiary/aromatic N) is 2. The van der Waals surface area contributed by atoms with Crippen molar-refractivity contribution >= 4 is 41.3 Å². The molecular formula is C16H29IN4OS. The van der Waals surface area contributed by atoms with Crippen molar-refractivity contribution in [2.75, 3.05) is 27.3 Å². The van der Waals surface area contributed by atoms with E-state index in [1.807, 2.05) is 13.2 Å². The van der Waals surface area contributed by atoms with Gasteiger partial charge in [0.1, 0.15) is 5.01 Å². The lowest BCUT2D eigenvalue weighted by atomic mass is 9.83. The van der Waals surface area contributed by atoms with Crippen LogP contribution in [0.2, 0.25) is 0 Å². The number of aliphatic imine (C=N–C) groups is 1. The van der Waals surface area contributed by atoms with E-state index in [-0.39, 0.29) is 24.0 Å². The molecule has 0 amide bonds. The van der Waals surface area contributed by atoms with Crippen LogP contribution in [0.25, 0.3) is 0 Å². The predicted molar refractivity (Wildman–Crippen MR) is 108 cm³/mol. The number of aryl methyl sites for hydroxylation is 1. The molecule has 1 heterocycles. The molecule has 23 heavy (non-hydrogen) atoms. The van der Waals surface area contributed by atoms with Gasteiger partial charge in [0.05, 0.1) is 6.54 Å². The Morgan fingerprint density at radius 3 is 2.70 bits per heavy atom. The van der Waals surface area contributed by atoms with Crippen LogP contribution in [-0.2, 0) is 11.3 Å². The average Bonchev–Trinajstić information content (AvgIpc) is 3.15. The number of hydrogen-bond donors (Lipinski definition) is 2. The van der Waals surface area contributed by atoms with Crippen LogP contribution in [0.15, 0.2) is 11.2 Å². The Morgan fingerprint density at radius 2 is 2.13 bits per heavy atom. The van der Waals surface area contributed by atoms with Crippen LogP contribution in [0.3, 0.4) is 0 Å². The fourth-order valence-corrected chi connectivity index (χ4v) is 3.82. The molecule has 0 aromatic carbocycles. The van der Waals surface area contributed by atoms with Gasteiger partial charge in [-0.3, -0.25) is 4.99 Å². The van der Waals surface area contributed by atoms with Crippen LogP contribution in [0, 0.1) is 12.3 Å². The lowest BCUT2D eigenvalue weighted by Gasteiger charge is -2.29. The summed E-state index contributed by atoms with van der Waals surface area (Å²) in [6, 6.07) is 0. The Labute approximate surface area is 160 Å². The van der Waals surface area contributed by atoms with Crippen LogP contribution in [0.1, 0.15) is 42.0 Å². The molecule has 2 N–H and O–H groups in total. The van der Waals surface area contributed by atoms with Gasteiger partial charge in [-0.25, -0.2) is 4.98 Å². The summed E-state index contributed by atoms with van der Waals surface area (Å²) in [5.74, 6) is 0.858. The highest BCUT2D eigenvalue weighted by molar-refractivity contribution is 14.0. The second-order valence-electron chi connectivity index (χ2n) is 6.09. The van der Waals surface area contributed by atoms with Gasteiger partial charge in [0.15, 0.2) is 5.96 Å². The third-order valence-corrected chi connectivity index (χ3v) is 5.34. The number of nitrogens with one attached hydrogen (secondary N) is 2. The maximum absolute atomic E-state index is 5.29. The normalized spacial score (nSPS) is 16.9. The summed E-state index contributed by atoms with van der Waals surface area (Å²) in [4.78, 5) is 9.93. The van der Waals surface area contributed by atoms with E-state index in [9.17, 15) is 0 Å². The van der Waals surface area contributed by atoms with E-state index in [1.54, 1.807) is 18.4 Å². The zero-order valence-corrected chi connectivity index (χ0v) is 17.5. The first-order valence-corrected chi connectivity index (χ1v) is 8.84. The summed E-state index contributed by atoms with van der Waals surface area (Å²) in [6.07, 6.45) is 8.26. The summed E-state index contributed by atoms with van der Waals surface area (Å²) in [5.41, 5.74) is 0.366. The lowest BCUT2D eigenvalue weighted by molar-refractivity contribution is 0.138. The van der Waals surface area contributed by atoms with E-state index < -0.39 is 0 Å². The Kier molecular flexibility index (Phi) is 9.38. The summed E-state index contributed by atoms with van der Waals surface area (Å²) < 4.78 is 5.29. The highest BCUT2D eigenvalue weighted by atomic mass is 127. The van der Waals surface area contributed by atoms with Crippen molar-refractivity contribution in [3.63, 3.8) is 0 Å². The minimum atomic E-state index is 0. The fraction of sp³-hybridized carbons (Fsp3) is 0.750. The van der Waals surface area contributed by atoms with Gasteiger partial charge >= 0.3 is 0 Å². The van der Waals surface area contributed by atoms with Crippen molar-refractivity contribution < 1.29 is 4.74 Å². The molecule has 7 heteroatoms. The molecular weight excluding hydrogens is 423 g/mol. The number of aromatic nitrogens is 1. The third-order valence-electron chi connectivity index (χ3n) is 4.43. The van der Waals surface area contributed by atoms with Crippen molar-refractivity contribution in [3.05, 3.63) is 16.1 Å². The van der Waals surface area contributed by atoms with E-state index in [0.717, 1.165) is 37.1 Å². The van der Waals surface area contributed by atoms with E-state index in [1.165, 1.54) is 30.6 Å². The minimum absolute atomic E-state index is 0. The zero-order valence-electron chi connectivity index (χ0n) is 14.4. The van der Waals surface area contributed by atoms with Gasteiger partial charge in [-0.15, -0.1) is 35.3 Å². The molecule has 1 fully saturated rings. The first kappa shape index (κ1) is 20.6. The Hall–Kier alpha value is -0.410. The number of thiazole rings is 1. The molecule has 0 saturated heterocycles. The number of rotatable bonds is 7. The molecule has 0 aliphatic heterocycles. The lowest BCUT2D eigenvalue weighted by Crippen LogP contribution is -2.43. The van der Waals surface area contributed by atoms with Crippen molar-refractivity contribution in [2.24, 2.45) is 10.4 Å². The summed E-state index contributed by atoms with van der Waals surface area (Å²) >= 11 is 1.72. The molecule has 1 saturated carbocycles. The van der Waals surface area contributed by atoms with Gasteiger partial charge in [-0.05, 0) is 31.6 Å². The van der Waals surface area contributed by atoms with Crippen LogP contribution < -0.4 is 10.6 Å². The van der Waals surface area contributed by atoms with Gasteiger partial charge < -0.3 is 15.4 Å². The first-order valence-electron chi connectivity index (χ1n) is 8.02. The predicted octanol–water partition coefficient (Wildman–Crippen LogP) is 3.33. The SMILES string of the molecule is CN=C(NCc1ncc(C)s1)NCC1(CCOC)CCCC1.I. The molecule has 0 radical (unpaired) electrons. The molecule has 2 rings (SSSR count). The van der Waals surface area contributed by atoms with Crippen molar-refractivity contribution in [1.82, 2.24) is 15.6 Å². The van der Waals surface area contributed by atoms with Crippen LogP contribution in [-0.4, -0.2) is 38.3 Å². The molecule has 1 aliphatic rings. The van der Waals surface area contributed by atoms with Crippen LogP contribution in [0.4, 0.5) is 0 Å². The largest absolute Gasteiger partial charge is 0.385 e. The smallest absolute Gasteiger partial charge is 0.191 e. The van der Waals surface area contributed by atoms with E-state index in [2.05, 4.69) is 27.5 Å². The first-order chi connectivity index (χ1) is 10.7. The Bertz CT molecular complexity index is 486. The number of guanidine groups is 1. The molecule has 132 valence electrons. The zero-order chi connectivity index (χ0) is 15.8. The Balaban J connectivity index is 0.00000264. The fourth-order valence-electron chi connectivity index (χ4n) is 3.09. The number of ether oxygens (including phenoxy) is 1. The van der Waals surface area contributed by atoms with Gasteiger partial charge in [0.25, 0.3) is 0 Å². The topological polar surface area (TPSA) is 58.5 Å². The molecule has 1 aliphatic carbocycles. The molecule has 1 aromatic heterocycles. The summed E-state index contributed by atoms with van der Waals surface area (Å²) in [6.45, 7) is 4.61. The van der Waals surface area contributed by atoms with Crippen molar-refractivity contribution in [3.8, 4) is 0 Å². The van der Waals surface area contributed by atoms with Crippen molar-refractivity contribution in [2.45, 2.75) is 45.6 Å². The second-order valence-corrected chi connectivity index (χ2v) is 7.41. The minimum Gasteiger partial charge on any atom is -0.385 e. The maximum Gasteiger partial charge on any atom is 0.191 e. The summed E-state index contributed by atoms with van der Waals surface area (Å²) in [7, 11) is 3.60. The monoisotopic (exact) mass is 452 g/mol. The summed E-state index contributed by atoms with van der Waals surface area (Å²) in [5, 5.41) is 7.94. The second kappa shape index (κ2) is 10.5. The number of halogens is 1. The van der Waals surface area contributed by atoms with Gasteiger partial charge in [-0.1, -0.05) is 12.8 Å². The van der Waals surface area contributed by atoms with Crippen LogP contribution in [0.5, 0.6) is 0 Å². The molecule has 0 spiro atoms. The highest BCUT2D eigenvalue weighted by Crippen LogP contribution is 2.40. The van der Waals surface area contributed by atoms with E-state index >= 15 is 0 Å². The molecule has 5 nitrogen and oxygen atoms in total. The van der Waals surface area contributed by atoms with E-state index in [4.69, 9.17) is 4.74 Å². The molecule has 0 bridgehead atoms. The Morgan fingerprint density at radius 1 is 1.39 bits per heavy atom. The quantitative estimate of drug-likeness (QED) is 0.379. The number of methoxy groups -OCH3 is 1. The maximum atomic E-state index is 5.29. The molecule has 0 atom stereocenters. The average molecular weight is 452 g/mol. The number of hydrogen-bond acceptors (Lipinski definition) is 4. The van der Waals surface area contributed by atoms with E-state index in [0.29, 0.717) is 5.41 Å². The van der Waals surface area contributed by atoms with Gasteiger partial charge in [-0.2, -0.15) is 0 Å². The van der Waals surface area contributed by atoms with Gasteiger partial charge in [0, 0.05) is 38.4 Å². The molecule has 1 aromatic rings. The highest BCUT2D eigenvalue weighted by Gasteiger charge is 2.33. The van der Waals surface area contributed by atoms with Gasteiger partial charge in [0.2, 0.25) is 0 Å². The van der Waals surface area contributed by atoms with Crippen molar-refractivity contribution in [1.29, 1.82) is 0 Å². The van der Waals surface area contributed by atoms with Crippen LogP contribution >= 0.6 is 35.3 Å². The third kappa shape index (κ3) is 6.54.